The van der Waals surface area contributed by atoms with Crippen LogP contribution in [-0.4, -0.2) is 29.7 Å². The minimum Gasteiger partial charge on any atom is -0.317 e. The van der Waals surface area contributed by atoms with Gasteiger partial charge >= 0.3 is 0 Å². The molecule has 0 rings (SSSR count). The van der Waals surface area contributed by atoms with E-state index in [1.165, 1.54) is 0 Å². The summed E-state index contributed by atoms with van der Waals surface area (Å²) in [7, 11) is 0. The highest BCUT2D eigenvalue weighted by atomic mass is 16.5. The molecule has 0 aromatic carbocycles. The van der Waals surface area contributed by atoms with Crippen LogP contribution in [0.25, 0.3) is 0 Å². The first kappa shape index (κ1) is 11.3. The van der Waals surface area contributed by atoms with Crippen LogP contribution in [0, 0.1) is 11.3 Å². The molecule has 3 N–H and O–H groups in total. The van der Waals surface area contributed by atoms with Gasteiger partial charge in [-0.3, -0.25) is 4.99 Å². The fourth-order valence-electron chi connectivity index (χ4n) is 0.692. The number of hydrogen-bond acceptors (Lipinski definition) is 4. The molecule has 1 atom stereocenters. The largest absolute Gasteiger partial charge is 0.317 e. The Labute approximate surface area is 73.2 Å². The van der Waals surface area contributed by atoms with Gasteiger partial charge in [-0.25, -0.2) is 5.48 Å². The number of aliphatic imine (C=N–C) groups is 1. The molecule has 1 unspecified atom stereocenters. The molecule has 4 nitrogen and oxygen atoms in total. The van der Waals surface area contributed by atoms with Gasteiger partial charge in [-0.05, 0) is 20.8 Å². The van der Waals surface area contributed by atoms with E-state index in [-0.39, 0.29) is 12.0 Å². The second-order valence-corrected chi connectivity index (χ2v) is 3.04. The molecule has 4 heteroatoms. The zero-order valence-electron chi connectivity index (χ0n) is 7.83. The van der Waals surface area contributed by atoms with Crippen LogP contribution in [0.1, 0.15) is 20.8 Å². The van der Waals surface area contributed by atoms with E-state index < -0.39 is 0 Å². The summed E-state index contributed by atoms with van der Waals surface area (Å²) in [5.41, 5.74) is 2.54. The molecule has 0 aliphatic carbocycles. The molecule has 0 saturated carbocycles. The zero-order valence-corrected chi connectivity index (χ0v) is 7.83. The summed E-state index contributed by atoms with van der Waals surface area (Å²) in [5.74, 6) is -0.0996. The SMILES string of the molecule is CC(=N)C(C=NC(C)C)CNO. The summed E-state index contributed by atoms with van der Waals surface area (Å²) in [6, 6.07) is 0.241. The third-order valence-electron chi connectivity index (χ3n) is 1.43. The minimum absolute atomic E-state index is 0.0996. The van der Waals surface area contributed by atoms with Gasteiger partial charge in [-0.15, -0.1) is 0 Å². The second kappa shape index (κ2) is 5.85. The van der Waals surface area contributed by atoms with Crippen molar-refractivity contribution in [3.8, 4) is 0 Å². The molecular weight excluding hydrogens is 154 g/mol. The van der Waals surface area contributed by atoms with Crippen molar-refractivity contribution in [1.29, 1.82) is 5.41 Å². The van der Waals surface area contributed by atoms with Crippen LogP contribution in [-0.2, 0) is 0 Å². The van der Waals surface area contributed by atoms with E-state index in [1.54, 1.807) is 13.1 Å². The highest BCUT2D eigenvalue weighted by Crippen LogP contribution is 1.95. The number of hydroxylamine groups is 1. The van der Waals surface area contributed by atoms with Gasteiger partial charge in [0.1, 0.15) is 0 Å². The van der Waals surface area contributed by atoms with E-state index in [9.17, 15) is 0 Å². The maximum Gasteiger partial charge on any atom is 0.0461 e. The Balaban J connectivity index is 4.03. The predicted octanol–water partition coefficient (Wildman–Crippen LogP) is 1.10. The van der Waals surface area contributed by atoms with Gasteiger partial charge in [0, 0.05) is 30.4 Å². The lowest BCUT2D eigenvalue weighted by Crippen LogP contribution is -2.26. The monoisotopic (exact) mass is 171 g/mol. The maximum atomic E-state index is 8.44. The molecule has 0 aromatic rings. The molecule has 0 radical (unpaired) electrons. The first-order valence-electron chi connectivity index (χ1n) is 4.03. The van der Waals surface area contributed by atoms with Crippen LogP contribution in [0.3, 0.4) is 0 Å². The molecule has 0 aliphatic heterocycles. The van der Waals surface area contributed by atoms with Gasteiger partial charge in [-0.1, -0.05) is 0 Å². The summed E-state index contributed by atoms with van der Waals surface area (Å²) < 4.78 is 0. The standard InChI is InChI=1S/C8H17N3O/c1-6(2)10-4-8(5-11-12)7(3)9/h4,6,8-9,11-12H,5H2,1-3H3. The third kappa shape index (κ3) is 4.98. The van der Waals surface area contributed by atoms with Crippen LogP contribution in [0.5, 0.6) is 0 Å². The highest BCUT2D eigenvalue weighted by Gasteiger charge is 2.06. The molecule has 70 valence electrons. The number of nitrogens with zero attached hydrogens (tertiary/aromatic N) is 1. The average molecular weight is 171 g/mol. The van der Waals surface area contributed by atoms with Crippen molar-refractivity contribution in [3.05, 3.63) is 0 Å². The van der Waals surface area contributed by atoms with Gasteiger partial charge in [-0.2, -0.15) is 0 Å². The Bertz CT molecular complexity index is 166. The summed E-state index contributed by atoms with van der Waals surface area (Å²) in [6.07, 6.45) is 1.70. The summed E-state index contributed by atoms with van der Waals surface area (Å²) >= 11 is 0. The van der Waals surface area contributed by atoms with Crippen LogP contribution in [0.4, 0.5) is 0 Å². The smallest absolute Gasteiger partial charge is 0.0461 e. The van der Waals surface area contributed by atoms with E-state index in [1.807, 2.05) is 19.3 Å². The molecule has 0 saturated heterocycles. The maximum absolute atomic E-state index is 8.44. The topological polar surface area (TPSA) is 68.5 Å². The molecule has 0 heterocycles. The molecule has 0 amide bonds. The second-order valence-electron chi connectivity index (χ2n) is 3.04. The van der Waals surface area contributed by atoms with Crippen molar-refractivity contribution >= 4 is 11.9 Å². The molecular formula is C8H17N3O. The van der Waals surface area contributed by atoms with Crippen molar-refractivity contribution in [2.24, 2.45) is 10.9 Å². The Kier molecular flexibility index (Phi) is 5.49. The highest BCUT2D eigenvalue weighted by molar-refractivity contribution is 5.95. The summed E-state index contributed by atoms with van der Waals surface area (Å²) in [5, 5.41) is 15.8. The quantitative estimate of drug-likeness (QED) is 0.428. The first-order chi connectivity index (χ1) is 5.57. The van der Waals surface area contributed by atoms with E-state index in [0.29, 0.717) is 12.3 Å². The normalized spacial score (nSPS) is 14.1. The fraction of sp³-hybridized carbons (Fsp3) is 0.750. The Morgan fingerprint density at radius 2 is 2.25 bits per heavy atom. The first-order valence-corrected chi connectivity index (χ1v) is 4.03. The summed E-state index contributed by atoms with van der Waals surface area (Å²) in [6.45, 7) is 6.00. The van der Waals surface area contributed by atoms with E-state index in [0.717, 1.165) is 0 Å². The van der Waals surface area contributed by atoms with Gasteiger partial charge in [0.2, 0.25) is 0 Å². The van der Waals surface area contributed by atoms with Crippen molar-refractivity contribution in [2.45, 2.75) is 26.8 Å². The molecule has 0 fully saturated rings. The van der Waals surface area contributed by atoms with E-state index >= 15 is 0 Å². The predicted molar refractivity (Wildman–Crippen MR) is 50.3 cm³/mol. The minimum atomic E-state index is -0.0996. The Hall–Kier alpha value is -0.740. The molecule has 0 aliphatic rings. The lowest BCUT2D eigenvalue weighted by molar-refractivity contribution is 0.165. The Morgan fingerprint density at radius 1 is 1.67 bits per heavy atom. The van der Waals surface area contributed by atoms with Crippen LogP contribution >= 0.6 is 0 Å². The number of nitrogens with one attached hydrogen (secondary N) is 2. The van der Waals surface area contributed by atoms with Gasteiger partial charge in [0.25, 0.3) is 0 Å². The van der Waals surface area contributed by atoms with Crippen molar-refractivity contribution in [3.63, 3.8) is 0 Å². The molecule has 0 spiro atoms. The molecule has 0 bridgehead atoms. The van der Waals surface area contributed by atoms with Crippen LogP contribution in [0.15, 0.2) is 4.99 Å². The van der Waals surface area contributed by atoms with Gasteiger partial charge < -0.3 is 10.6 Å². The Morgan fingerprint density at radius 3 is 2.58 bits per heavy atom. The van der Waals surface area contributed by atoms with E-state index in [2.05, 4.69) is 4.99 Å². The third-order valence-corrected chi connectivity index (χ3v) is 1.43. The molecule has 0 aromatic heterocycles. The van der Waals surface area contributed by atoms with Crippen molar-refractivity contribution in [2.75, 3.05) is 6.54 Å². The van der Waals surface area contributed by atoms with Crippen molar-refractivity contribution in [1.82, 2.24) is 5.48 Å². The number of rotatable bonds is 5. The van der Waals surface area contributed by atoms with E-state index in [4.69, 9.17) is 10.6 Å². The number of hydrogen-bond donors (Lipinski definition) is 3. The van der Waals surface area contributed by atoms with Gasteiger partial charge in [0.05, 0.1) is 0 Å². The van der Waals surface area contributed by atoms with Gasteiger partial charge in [0.15, 0.2) is 0 Å². The average Bonchev–Trinajstić information content (AvgIpc) is 1.96. The van der Waals surface area contributed by atoms with Crippen molar-refractivity contribution < 1.29 is 5.21 Å². The van der Waals surface area contributed by atoms with Crippen LogP contribution < -0.4 is 5.48 Å². The lowest BCUT2D eigenvalue weighted by Gasteiger charge is -2.08. The summed E-state index contributed by atoms with van der Waals surface area (Å²) in [4.78, 5) is 4.15. The zero-order chi connectivity index (χ0) is 9.56. The van der Waals surface area contributed by atoms with Crippen LogP contribution in [0.2, 0.25) is 0 Å². The molecule has 12 heavy (non-hydrogen) atoms. The lowest BCUT2D eigenvalue weighted by atomic mass is 10.1. The fourth-order valence-corrected chi connectivity index (χ4v) is 0.692.